The van der Waals surface area contributed by atoms with Gasteiger partial charge >= 0.3 is 5.97 Å². The Morgan fingerprint density at radius 2 is 2.00 bits per heavy atom. The standard InChI is InChI=1S/C25H32N2O4.CH4O/c1-4-18(11-7-10-17-8-6-9-17)22(26-16-24(28)31-5-2)15-21-20-13-12-19(30-3)14-23(20)27-25(21)29;1-2/h10,12-15,26H,4-9,11,16H2,1-3H3,(H,27,29);2H,1H3/b21-15-,22-18+;. The summed E-state index contributed by atoms with van der Waals surface area (Å²) in [6, 6.07) is 5.54. The fourth-order valence-corrected chi connectivity index (χ4v) is 3.78. The molecule has 0 bridgehead atoms. The first-order valence-electron chi connectivity index (χ1n) is 11.5. The summed E-state index contributed by atoms with van der Waals surface area (Å²) in [7, 11) is 2.60. The Labute approximate surface area is 196 Å². The first kappa shape index (κ1) is 26.2. The van der Waals surface area contributed by atoms with Gasteiger partial charge in [-0.05, 0) is 69.2 Å². The van der Waals surface area contributed by atoms with E-state index in [2.05, 4.69) is 23.6 Å². The molecule has 0 aromatic heterocycles. The molecule has 33 heavy (non-hydrogen) atoms. The van der Waals surface area contributed by atoms with E-state index < -0.39 is 0 Å². The molecule has 180 valence electrons. The van der Waals surface area contributed by atoms with Crippen molar-refractivity contribution in [1.82, 2.24) is 5.32 Å². The van der Waals surface area contributed by atoms with Gasteiger partial charge in [0.05, 0.1) is 25.0 Å². The summed E-state index contributed by atoms with van der Waals surface area (Å²) in [6.45, 7) is 4.29. The SMILES string of the molecule is CCOC(=O)CNC(/C=C1\C(=O)Nc2cc(OC)ccc21)=C(\CC)CCC=C1CCC1.CO. The fraction of sp³-hybridized carbons (Fsp3) is 0.462. The number of esters is 1. The molecule has 1 heterocycles. The molecule has 3 N–H and O–H groups in total. The molecule has 7 heteroatoms. The zero-order valence-corrected chi connectivity index (χ0v) is 20.1. The summed E-state index contributed by atoms with van der Waals surface area (Å²) in [5.74, 6) is 0.215. The molecule has 1 fully saturated rings. The van der Waals surface area contributed by atoms with Crippen LogP contribution in [0.1, 0.15) is 57.9 Å². The van der Waals surface area contributed by atoms with Gasteiger partial charge in [-0.25, -0.2) is 0 Å². The lowest BCUT2D eigenvalue weighted by Gasteiger charge is -2.17. The first-order valence-corrected chi connectivity index (χ1v) is 11.5. The third-order valence-corrected chi connectivity index (χ3v) is 5.71. The van der Waals surface area contributed by atoms with E-state index in [1.54, 1.807) is 14.0 Å². The monoisotopic (exact) mass is 456 g/mol. The van der Waals surface area contributed by atoms with Crippen LogP contribution in [0.3, 0.4) is 0 Å². The average Bonchev–Trinajstić information content (AvgIpc) is 3.11. The maximum atomic E-state index is 12.7. The summed E-state index contributed by atoms with van der Waals surface area (Å²) in [4.78, 5) is 24.6. The highest BCUT2D eigenvalue weighted by Crippen LogP contribution is 2.35. The number of carbonyl (C=O) groups excluding carboxylic acids is 2. The van der Waals surface area contributed by atoms with Crippen LogP contribution in [-0.2, 0) is 14.3 Å². The number of benzene rings is 1. The zero-order valence-electron chi connectivity index (χ0n) is 20.1. The number of aliphatic hydroxyl groups is 1. The van der Waals surface area contributed by atoms with Gasteiger partial charge in [-0.15, -0.1) is 0 Å². The van der Waals surface area contributed by atoms with Crippen LogP contribution in [0.5, 0.6) is 5.75 Å². The van der Waals surface area contributed by atoms with Crippen molar-refractivity contribution in [2.45, 2.75) is 52.4 Å². The average molecular weight is 457 g/mol. The Morgan fingerprint density at radius 3 is 2.61 bits per heavy atom. The number of methoxy groups -OCH3 is 1. The molecular formula is C26H36N2O5. The lowest BCUT2D eigenvalue weighted by molar-refractivity contribution is -0.141. The molecule has 1 saturated carbocycles. The maximum Gasteiger partial charge on any atom is 0.325 e. The summed E-state index contributed by atoms with van der Waals surface area (Å²) in [5.41, 5.74) is 5.67. The Kier molecular flexibility index (Phi) is 10.7. The van der Waals surface area contributed by atoms with Crippen molar-refractivity contribution in [3.8, 4) is 5.75 Å². The van der Waals surface area contributed by atoms with Crippen molar-refractivity contribution in [3.63, 3.8) is 0 Å². The molecule has 2 aliphatic rings. The van der Waals surface area contributed by atoms with Crippen LogP contribution in [0.2, 0.25) is 0 Å². The quantitative estimate of drug-likeness (QED) is 0.275. The van der Waals surface area contributed by atoms with Gasteiger partial charge in [-0.2, -0.15) is 0 Å². The molecule has 1 aliphatic carbocycles. The van der Waals surface area contributed by atoms with E-state index in [0.717, 1.165) is 43.3 Å². The molecule has 1 aromatic carbocycles. The van der Waals surface area contributed by atoms with Crippen molar-refractivity contribution < 1.29 is 24.2 Å². The zero-order chi connectivity index (χ0) is 24.2. The molecule has 0 saturated heterocycles. The second-order valence-corrected chi connectivity index (χ2v) is 7.71. The Balaban J connectivity index is 0.00000187. The number of anilines is 1. The lowest BCUT2D eigenvalue weighted by atomic mass is 9.90. The van der Waals surface area contributed by atoms with Gasteiger partial charge < -0.3 is 25.2 Å². The van der Waals surface area contributed by atoms with E-state index in [0.29, 0.717) is 17.9 Å². The van der Waals surface area contributed by atoms with Crippen molar-refractivity contribution in [3.05, 3.63) is 52.8 Å². The Morgan fingerprint density at radius 1 is 1.24 bits per heavy atom. The molecular weight excluding hydrogens is 420 g/mol. The van der Waals surface area contributed by atoms with E-state index in [-0.39, 0.29) is 18.4 Å². The minimum absolute atomic E-state index is 0.0641. The predicted octanol–water partition coefficient (Wildman–Crippen LogP) is 4.35. The Bertz CT molecular complexity index is 925. The van der Waals surface area contributed by atoms with Crippen LogP contribution < -0.4 is 15.4 Å². The summed E-state index contributed by atoms with van der Waals surface area (Å²) < 4.78 is 10.3. The summed E-state index contributed by atoms with van der Waals surface area (Å²) in [6.07, 6.45) is 10.6. The van der Waals surface area contributed by atoms with Crippen LogP contribution in [0.4, 0.5) is 5.69 Å². The first-order chi connectivity index (χ1) is 16.0. The van der Waals surface area contributed by atoms with Gasteiger partial charge in [0.15, 0.2) is 0 Å². The maximum absolute atomic E-state index is 12.7. The number of rotatable bonds is 10. The molecule has 1 amide bonds. The van der Waals surface area contributed by atoms with E-state index in [1.807, 2.05) is 24.3 Å². The number of amides is 1. The van der Waals surface area contributed by atoms with Gasteiger partial charge in [-0.3, -0.25) is 9.59 Å². The van der Waals surface area contributed by atoms with Crippen molar-refractivity contribution in [2.75, 3.05) is 32.7 Å². The van der Waals surface area contributed by atoms with Crippen LogP contribution in [-0.4, -0.2) is 44.4 Å². The van der Waals surface area contributed by atoms with E-state index in [4.69, 9.17) is 14.6 Å². The highest BCUT2D eigenvalue weighted by atomic mass is 16.5. The van der Waals surface area contributed by atoms with E-state index in [9.17, 15) is 9.59 Å². The Hall–Kier alpha value is -3.06. The summed E-state index contributed by atoms with van der Waals surface area (Å²) >= 11 is 0. The van der Waals surface area contributed by atoms with Crippen molar-refractivity contribution in [2.24, 2.45) is 0 Å². The highest BCUT2D eigenvalue weighted by Gasteiger charge is 2.25. The van der Waals surface area contributed by atoms with E-state index >= 15 is 0 Å². The minimum atomic E-state index is -0.313. The van der Waals surface area contributed by atoms with Gasteiger partial charge in [0.2, 0.25) is 0 Å². The second-order valence-electron chi connectivity index (χ2n) is 7.71. The number of carbonyl (C=O) groups is 2. The smallest absolute Gasteiger partial charge is 0.325 e. The number of hydrogen-bond donors (Lipinski definition) is 3. The van der Waals surface area contributed by atoms with Crippen LogP contribution in [0, 0.1) is 0 Å². The molecule has 1 aromatic rings. The van der Waals surface area contributed by atoms with Gasteiger partial charge in [-0.1, -0.05) is 18.6 Å². The highest BCUT2D eigenvalue weighted by molar-refractivity contribution is 6.32. The molecule has 0 spiro atoms. The van der Waals surface area contributed by atoms with Crippen molar-refractivity contribution in [1.29, 1.82) is 0 Å². The summed E-state index contributed by atoms with van der Waals surface area (Å²) in [5, 5.41) is 13.1. The molecule has 0 atom stereocenters. The second kappa shape index (κ2) is 13.5. The molecule has 1 aliphatic heterocycles. The van der Waals surface area contributed by atoms with E-state index in [1.165, 1.54) is 30.4 Å². The number of hydrogen-bond acceptors (Lipinski definition) is 6. The lowest BCUT2D eigenvalue weighted by Crippen LogP contribution is -2.25. The fourth-order valence-electron chi connectivity index (χ4n) is 3.78. The predicted molar refractivity (Wildman–Crippen MR) is 131 cm³/mol. The molecule has 3 rings (SSSR count). The largest absolute Gasteiger partial charge is 0.497 e. The van der Waals surface area contributed by atoms with Gasteiger partial charge in [0.25, 0.3) is 5.91 Å². The number of allylic oxidation sites excluding steroid dienone is 4. The number of ether oxygens (including phenoxy) is 2. The third-order valence-electron chi connectivity index (χ3n) is 5.71. The van der Waals surface area contributed by atoms with Gasteiger partial charge in [0.1, 0.15) is 12.3 Å². The third kappa shape index (κ3) is 7.22. The topological polar surface area (TPSA) is 96.9 Å². The minimum Gasteiger partial charge on any atom is -0.497 e. The van der Waals surface area contributed by atoms with Gasteiger partial charge in [0, 0.05) is 24.4 Å². The normalized spacial score (nSPS) is 16.0. The molecule has 7 nitrogen and oxygen atoms in total. The van der Waals surface area contributed by atoms with Crippen molar-refractivity contribution >= 4 is 23.1 Å². The number of aliphatic hydroxyl groups excluding tert-OH is 1. The molecule has 0 unspecified atom stereocenters. The number of nitrogens with one attached hydrogen (secondary N) is 2. The van der Waals surface area contributed by atoms with Crippen LogP contribution in [0.15, 0.2) is 47.2 Å². The van der Waals surface area contributed by atoms with Crippen LogP contribution >= 0.6 is 0 Å². The van der Waals surface area contributed by atoms with Crippen LogP contribution in [0.25, 0.3) is 5.57 Å². The number of fused-ring (bicyclic) bond motifs is 1. The molecule has 0 radical (unpaired) electrons.